The fourth-order valence-electron chi connectivity index (χ4n) is 1.83. The summed E-state index contributed by atoms with van der Waals surface area (Å²) in [6, 6.07) is 5.51. The number of nitrogens with two attached hydrogens (primary N) is 1. The number of aryl methyl sites for hydroxylation is 1. The Morgan fingerprint density at radius 2 is 2.33 bits per heavy atom. The van der Waals surface area contributed by atoms with Crippen molar-refractivity contribution < 1.29 is 4.42 Å². The molecule has 0 spiro atoms. The molecule has 2 aromatic heterocycles. The monoisotopic (exact) mass is 261 g/mol. The Balaban J connectivity index is 2.15. The number of nitrogens with zero attached hydrogens (tertiary/aromatic N) is 1. The van der Waals surface area contributed by atoms with Crippen LogP contribution >= 0.6 is 11.3 Å². The van der Waals surface area contributed by atoms with Gasteiger partial charge in [0, 0.05) is 17.0 Å². The summed E-state index contributed by atoms with van der Waals surface area (Å²) in [7, 11) is 0. The molecule has 92 valence electrons. The molecule has 3 aromatic rings. The maximum absolute atomic E-state index is 11.1. The number of aromatic nitrogens is 2. The van der Waals surface area contributed by atoms with E-state index in [4.69, 9.17) is 10.2 Å². The van der Waals surface area contributed by atoms with Crippen LogP contribution in [-0.2, 0) is 6.54 Å². The number of nitrogens with one attached hydrogen (secondary N) is 1. The number of hydrogen-bond acceptors (Lipinski definition) is 5. The first-order valence-corrected chi connectivity index (χ1v) is 6.28. The average Bonchev–Trinajstić information content (AvgIpc) is 2.89. The second-order valence-corrected chi connectivity index (χ2v) is 5.04. The van der Waals surface area contributed by atoms with Gasteiger partial charge in [-0.05, 0) is 25.1 Å². The summed E-state index contributed by atoms with van der Waals surface area (Å²) in [6.07, 6.45) is 0. The first kappa shape index (κ1) is 11.2. The van der Waals surface area contributed by atoms with E-state index in [-0.39, 0.29) is 0 Å². The van der Waals surface area contributed by atoms with Crippen LogP contribution in [0.2, 0.25) is 0 Å². The molecule has 3 rings (SSSR count). The van der Waals surface area contributed by atoms with Gasteiger partial charge in [-0.1, -0.05) is 0 Å². The van der Waals surface area contributed by atoms with Crippen molar-refractivity contribution in [1.29, 1.82) is 0 Å². The highest BCUT2D eigenvalue weighted by Gasteiger charge is 2.10. The molecule has 0 saturated heterocycles. The Labute approximate surface area is 106 Å². The quantitative estimate of drug-likeness (QED) is 0.739. The van der Waals surface area contributed by atoms with Gasteiger partial charge in [-0.25, -0.2) is 9.78 Å². The molecule has 0 saturated carbocycles. The summed E-state index contributed by atoms with van der Waals surface area (Å²) < 4.78 is 4.96. The number of fused-ring (bicyclic) bond motifs is 1. The zero-order valence-electron chi connectivity index (χ0n) is 9.69. The smallest absolute Gasteiger partial charge is 0.408 e. The van der Waals surface area contributed by atoms with E-state index in [0.29, 0.717) is 17.6 Å². The molecule has 6 heteroatoms. The Morgan fingerprint density at radius 1 is 1.50 bits per heavy atom. The first-order valence-electron chi connectivity index (χ1n) is 5.47. The molecule has 5 nitrogen and oxygen atoms in total. The molecule has 0 atom stereocenters. The minimum atomic E-state index is -0.444. The summed E-state index contributed by atoms with van der Waals surface area (Å²) in [4.78, 5) is 19.3. The highest BCUT2D eigenvalue weighted by molar-refractivity contribution is 7.15. The molecule has 0 aliphatic rings. The van der Waals surface area contributed by atoms with Gasteiger partial charge >= 0.3 is 5.76 Å². The number of hydrogen-bond donors (Lipinski definition) is 2. The zero-order valence-corrected chi connectivity index (χ0v) is 10.5. The predicted octanol–water partition coefficient (Wildman–Crippen LogP) is 2.01. The molecule has 0 radical (unpaired) electrons. The molecule has 0 amide bonds. The van der Waals surface area contributed by atoms with Crippen LogP contribution in [0.15, 0.2) is 27.4 Å². The van der Waals surface area contributed by atoms with E-state index in [2.05, 4.69) is 9.97 Å². The highest BCUT2D eigenvalue weighted by Crippen LogP contribution is 2.29. The molecule has 18 heavy (non-hydrogen) atoms. The molecule has 2 heterocycles. The number of rotatable bonds is 2. The van der Waals surface area contributed by atoms with Crippen molar-refractivity contribution in [3.63, 3.8) is 0 Å². The van der Waals surface area contributed by atoms with E-state index in [0.717, 1.165) is 21.1 Å². The second kappa shape index (κ2) is 4.08. The average molecular weight is 261 g/mol. The third kappa shape index (κ3) is 1.75. The first-order chi connectivity index (χ1) is 8.67. The van der Waals surface area contributed by atoms with E-state index >= 15 is 0 Å². The molecule has 0 fully saturated rings. The van der Waals surface area contributed by atoms with Gasteiger partial charge in [0.2, 0.25) is 0 Å². The zero-order chi connectivity index (χ0) is 12.7. The van der Waals surface area contributed by atoms with E-state index in [9.17, 15) is 4.79 Å². The maximum atomic E-state index is 11.1. The number of aromatic amines is 1. The lowest BCUT2D eigenvalue weighted by Gasteiger charge is -1.94. The molecule has 3 N–H and O–H groups in total. The number of benzene rings is 1. The Bertz CT molecular complexity index is 769. The van der Waals surface area contributed by atoms with Crippen LogP contribution in [0.25, 0.3) is 21.7 Å². The SMILES string of the molecule is Cc1nc(-c2ccc3oc(=O)[nH]c3c2)sc1CN. The van der Waals surface area contributed by atoms with Crippen LogP contribution in [0, 0.1) is 6.92 Å². The third-order valence-corrected chi connectivity index (χ3v) is 3.97. The fraction of sp³-hybridized carbons (Fsp3) is 0.167. The van der Waals surface area contributed by atoms with Gasteiger partial charge in [0.1, 0.15) is 5.01 Å². The number of oxazole rings is 1. The lowest BCUT2D eigenvalue weighted by molar-refractivity contribution is 0.555. The van der Waals surface area contributed by atoms with Crippen molar-refractivity contribution in [2.75, 3.05) is 0 Å². The van der Waals surface area contributed by atoms with Crippen LogP contribution in [0.1, 0.15) is 10.6 Å². The summed E-state index contributed by atoms with van der Waals surface area (Å²) in [5.41, 5.74) is 8.78. The predicted molar refractivity (Wildman–Crippen MR) is 70.6 cm³/mol. The van der Waals surface area contributed by atoms with E-state index in [1.165, 1.54) is 0 Å². The van der Waals surface area contributed by atoms with E-state index in [1.807, 2.05) is 19.1 Å². The van der Waals surface area contributed by atoms with Gasteiger partial charge < -0.3 is 10.2 Å². The van der Waals surface area contributed by atoms with Crippen molar-refractivity contribution in [3.8, 4) is 10.6 Å². The van der Waals surface area contributed by atoms with Crippen molar-refractivity contribution in [2.45, 2.75) is 13.5 Å². The van der Waals surface area contributed by atoms with E-state index in [1.54, 1.807) is 17.4 Å². The van der Waals surface area contributed by atoms with Crippen LogP contribution in [0.3, 0.4) is 0 Å². The van der Waals surface area contributed by atoms with Crippen LogP contribution in [0.5, 0.6) is 0 Å². The van der Waals surface area contributed by atoms with Gasteiger partial charge in [-0.3, -0.25) is 4.98 Å². The van der Waals surface area contributed by atoms with Crippen molar-refractivity contribution in [3.05, 3.63) is 39.3 Å². The normalized spacial score (nSPS) is 11.2. The lowest BCUT2D eigenvalue weighted by atomic mass is 10.2. The van der Waals surface area contributed by atoms with Crippen LogP contribution in [-0.4, -0.2) is 9.97 Å². The Hall–Kier alpha value is -1.92. The van der Waals surface area contributed by atoms with E-state index < -0.39 is 5.76 Å². The lowest BCUT2D eigenvalue weighted by Crippen LogP contribution is -1.94. The summed E-state index contributed by atoms with van der Waals surface area (Å²) in [5, 5.41) is 0.900. The summed E-state index contributed by atoms with van der Waals surface area (Å²) in [5.74, 6) is -0.444. The maximum Gasteiger partial charge on any atom is 0.417 e. The molecule has 0 bridgehead atoms. The fourth-order valence-corrected chi connectivity index (χ4v) is 2.76. The Kier molecular flexibility index (Phi) is 2.53. The highest BCUT2D eigenvalue weighted by atomic mass is 32.1. The minimum absolute atomic E-state index is 0.444. The molecule has 0 aliphatic heterocycles. The topological polar surface area (TPSA) is 84.9 Å². The minimum Gasteiger partial charge on any atom is -0.408 e. The van der Waals surface area contributed by atoms with Gasteiger partial charge in [-0.15, -0.1) is 11.3 Å². The van der Waals surface area contributed by atoms with Gasteiger partial charge in [0.15, 0.2) is 5.58 Å². The molecular weight excluding hydrogens is 250 g/mol. The van der Waals surface area contributed by atoms with Crippen molar-refractivity contribution in [2.24, 2.45) is 5.73 Å². The van der Waals surface area contributed by atoms with Crippen molar-refractivity contribution >= 4 is 22.4 Å². The van der Waals surface area contributed by atoms with Crippen LogP contribution < -0.4 is 11.5 Å². The number of thiazole rings is 1. The molecular formula is C12H11N3O2S. The molecule has 0 unspecified atom stereocenters. The van der Waals surface area contributed by atoms with Gasteiger partial charge in [0.25, 0.3) is 0 Å². The Morgan fingerprint density at radius 3 is 3.06 bits per heavy atom. The van der Waals surface area contributed by atoms with Crippen LogP contribution in [0.4, 0.5) is 0 Å². The summed E-state index contributed by atoms with van der Waals surface area (Å²) >= 11 is 1.57. The number of H-pyrrole nitrogens is 1. The van der Waals surface area contributed by atoms with Crippen molar-refractivity contribution in [1.82, 2.24) is 9.97 Å². The molecule has 0 aliphatic carbocycles. The third-order valence-electron chi connectivity index (χ3n) is 2.74. The van der Waals surface area contributed by atoms with Gasteiger partial charge in [-0.2, -0.15) is 0 Å². The largest absolute Gasteiger partial charge is 0.417 e. The second-order valence-electron chi connectivity index (χ2n) is 3.96. The van der Waals surface area contributed by atoms with Gasteiger partial charge in [0.05, 0.1) is 11.2 Å². The molecule has 1 aromatic carbocycles. The standard InChI is InChI=1S/C12H11N3O2S/c1-6-10(5-13)18-11(14-6)7-2-3-9-8(4-7)15-12(16)17-9/h2-4H,5,13H2,1H3,(H,15,16). The summed E-state index contributed by atoms with van der Waals surface area (Å²) in [6.45, 7) is 2.44.